The monoisotopic (exact) mass is 384 g/mol. The Hall–Kier alpha value is -2.45. The number of aromatic nitrogens is 4. The van der Waals surface area contributed by atoms with E-state index in [1.54, 1.807) is 11.3 Å². The number of aryl methyl sites for hydroxylation is 2. The van der Waals surface area contributed by atoms with Gasteiger partial charge in [0.1, 0.15) is 0 Å². The smallest absolute Gasteiger partial charge is 0.274 e. The van der Waals surface area contributed by atoms with Gasteiger partial charge in [0.15, 0.2) is 5.69 Å². The SMILES string of the molecule is CCn1cc(CN2CCN(C(=O)c3cc(-c4cccs4)[nH]n3)CC2)c(C)n1. The Bertz CT molecular complexity index is 905. The highest BCUT2D eigenvalue weighted by atomic mass is 32.1. The number of H-pyrrole nitrogens is 1. The fraction of sp³-hybridized carbons (Fsp3) is 0.421. The first-order valence-corrected chi connectivity index (χ1v) is 10.2. The average molecular weight is 385 g/mol. The molecule has 3 aromatic rings. The second-order valence-electron chi connectivity index (χ2n) is 6.81. The van der Waals surface area contributed by atoms with E-state index in [1.165, 1.54) is 5.56 Å². The van der Waals surface area contributed by atoms with Crippen molar-refractivity contribution in [2.75, 3.05) is 26.2 Å². The molecular weight excluding hydrogens is 360 g/mol. The van der Waals surface area contributed by atoms with Gasteiger partial charge in [-0.3, -0.25) is 19.5 Å². The van der Waals surface area contributed by atoms with E-state index in [0.29, 0.717) is 5.69 Å². The second kappa shape index (κ2) is 7.66. The Morgan fingerprint density at radius 2 is 2.11 bits per heavy atom. The quantitative estimate of drug-likeness (QED) is 0.734. The van der Waals surface area contributed by atoms with E-state index in [1.807, 2.05) is 33.2 Å². The van der Waals surface area contributed by atoms with E-state index < -0.39 is 0 Å². The number of carbonyl (C=O) groups is 1. The number of rotatable bonds is 5. The van der Waals surface area contributed by atoms with Gasteiger partial charge in [-0.25, -0.2) is 0 Å². The van der Waals surface area contributed by atoms with Gasteiger partial charge in [-0.05, 0) is 31.4 Å². The van der Waals surface area contributed by atoms with Gasteiger partial charge in [0.05, 0.1) is 16.3 Å². The van der Waals surface area contributed by atoms with Gasteiger partial charge >= 0.3 is 0 Å². The maximum absolute atomic E-state index is 12.8. The summed E-state index contributed by atoms with van der Waals surface area (Å²) in [4.78, 5) is 18.1. The zero-order chi connectivity index (χ0) is 18.8. The fourth-order valence-electron chi connectivity index (χ4n) is 3.38. The summed E-state index contributed by atoms with van der Waals surface area (Å²) in [6.45, 7) is 9.11. The van der Waals surface area contributed by atoms with Gasteiger partial charge in [0.25, 0.3) is 5.91 Å². The molecule has 4 heterocycles. The van der Waals surface area contributed by atoms with Crippen molar-refractivity contribution < 1.29 is 4.79 Å². The third kappa shape index (κ3) is 3.81. The zero-order valence-electron chi connectivity index (χ0n) is 15.7. The van der Waals surface area contributed by atoms with E-state index in [9.17, 15) is 4.79 Å². The topological polar surface area (TPSA) is 70.0 Å². The number of carbonyl (C=O) groups excluding carboxylic acids is 1. The Balaban J connectivity index is 1.34. The first-order valence-electron chi connectivity index (χ1n) is 9.28. The van der Waals surface area contributed by atoms with E-state index in [2.05, 4.69) is 40.2 Å². The number of hydrogen-bond donors (Lipinski definition) is 1. The molecule has 1 aliphatic heterocycles. The Morgan fingerprint density at radius 1 is 1.30 bits per heavy atom. The lowest BCUT2D eigenvalue weighted by atomic mass is 10.2. The molecule has 1 fully saturated rings. The lowest BCUT2D eigenvalue weighted by molar-refractivity contribution is 0.0622. The second-order valence-corrected chi connectivity index (χ2v) is 7.76. The minimum Gasteiger partial charge on any atom is -0.335 e. The van der Waals surface area contributed by atoms with Crippen LogP contribution in [0.2, 0.25) is 0 Å². The lowest BCUT2D eigenvalue weighted by Crippen LogP contribution is -2.48. The van der Waals surface area contributed by atoms with Gasteiger partial charge in [0.2, 0.25) is 0 Å². The minimum absolute atomic E-state index is 0.00342. The van der Waals surface area contributed by atoms with Crippen LogP contribution in [0.15, 0.2) is 29.8 Å². The summed E-state index contributed by atoms with van der Waals surface area (Å²) < 4.78 is 1.98. The van der Waals surface area contributed by atoms with Crippen molar-refractivity contribution in [3.05, 3.63) is 46.7 Å². The van der Waals surface area contributed by atoms with Gasteiger partial charge in [-0.1, -0.05) is 6.07 Å². The lowest BCUT2D eigenvalue weighted by Gasteiger charge is -2.34. The highest BCUT2D eigenvalue weighted by Gasteiger charge is 2.24. The molecule has 0 aliphatic carbocycles. The largest absolute Gasteiger partial charge is 0.335 e. The number of thiophene rings is 1. The predicted molar refractivity (Wildman–Crippen MR) is 106 cm³/mol. The summed E-state index contributed by atoms with van der Waals surface area (Å²) in [6, 6.07) is 5.87. The van der Waals surface area contributed by atoms with Crippen molar-refractivity contribution in [3.8, 4) is 10.6 Å². The van der Waals surface area contributed by atoms with Crippen molar-refractivity contribution in [3.63, 3.8) is 0 Å². The van der Waals surface area contributed by atoms with Crippen LogP contribution in [0.25, 0.3) is 10.6 Å². The van der Waals surface area contributed by atoms with Gasteiger partial charge in [0, 0.05) is 51.0 Å². The van der Waals surface area contributed by atoms with E-state index in [4.69, 9.17) is 0 Å². The molecule has 8 heteroatoms. The molecule has 1 amide bonds. The highest BCUT2D eigenvalue weighted by molar-refractivity contribution is 7.13. The first kappa shape index (κ1) is 17.9. The maximum Gasteiger partial charge on any atom is 0.274 e. The molecule has 0 aromatic carbocycles. The van der Waals surface area contributed by atoms with Crippen molar-refractivity contribution in [1.29, 1.82) is 0 Å². The third-order valence-electron chi connectivity index (χ3n) is 5.01. The molecule has 3 aromatic heterocycles. The number of hydrogen-bond acceptors (Lipinski definition) is 5. The summed E-state index contributed by atoms with van der Waals surface area (Å²) in [6.07, 6.45) is 2.13. The third-order valence-corrected chi connectivity index (χ3v) is 5.91. The molecule has 0 bridgehead atoms. The molecule has 0 spiro atoms. The van der Waals surface area contributed by atoms with Gasteiger partial charge < -0.3 is 4.90 Å². The normalized spacial score (nSPS) is 15.4. The van der Waals surface area contributed by atoms with Crippen LogP contribution in [0.3, 0.4) is 0 Å². The summed E-state index contributed by atoms with van der Waals surface area (Å²) in [5.74, 6) is 0.00342. The van der Waals surface area contributed by atoms with Crippen LogP contribution >= 0.6 is 11.3 Å². The van der Waals surface area contributed by atoms with Crippen LogP contribution in [0, 0.1) is 6.92 Å². The predicted octanol–water partition coefficient (Wildman–Crippen LogP) is 2.62. The van der Waals surface area contributed by atoms with Crippen LogP contribution < -0.4 is 0 Å². The highest BCUT2D eigenvalue weighted by Crippen LogP contribution is 2.23. The van der Waals surface area contributed by atoms with Crippen molar-refractivity contribution in [2.45, 2.75) is 26.9 Å². The molecule has 7 nitrogen and oxygen atoms in total. The molecule has 4 rings (SSSR count). The van der Waals surface area contributed by atoms with Crippen LogP contribution in [-0.4, -0.2) is 61.9 Å². The number of aromatic amines is 1. The molecule has 27 heavy (non-hydrogen) atoms. The first-order chi connectivity index (χ1) is 13.1. The Kier molecular flexibility index (Phi) is 5.09. The molecular formula is C19H24N6OS. The van der Waals surface area contributed by atoms with Crippen LogP contribution in [-0.2, 0) is 13.1 Å². The van der Waals surface area contributed by atoms with E-state index in [-0.39, 0.29) is 5.91 Å². The van der Waals surface area contributed by atoms with Crippen LogP contribution in [0.5, 0.6) is 0 Å². The van der Waals surface area contributed by atoms with Crippen LogP contribution in [0.4, 0.5) is 0 Å². The van der Waals surface area contributed by atoms with E-state index >= 15 is 0 Å². The molecule has 1 N–H and O–H groups in total. The summed E-state index contributed by atoms with van der Waals surface area (Å²) in [5.41, 5.74) is 3.75. The Morgan fingerprint density at radius 3 is 2.78 bits per heavy atom. The van der Waals surface area contributed by atoms with E-state index in [0.717, 1.165) is 55.5 Å². The fourth-order valence-corrected chi connectivity index (χ4v) is 4.07. The number of piperazine rings is 1. The Labute approximate surface area is 162 Å². The van der Waals surface area contributed by atoms with Gasteiger partial charge in [-0.2, -0.15) is 10.2 Å². The minimum atomic E-state index is 0.00342. The molecule has 1 saturated heterocycles. The zero-order valence-corrected chi connectivity index (χ0v) is 16.5. The summed E-state index contributed by atoms with van der Waals surface area (Å²) in [7, 11) is 0. The van der Waals surface area contributed by atoms with Crippen molar-refractivity contribution in [1.82, 2.24) is 29.8 Å². The molecule has 0 atom stereocenters. The molecule has 0 unspecified atom stereocenters. The number of nitrogens with one attached hydrogen (secondary N) is 1. The number of amides is 1. The van der Waals surface area contributed by atoms with Crippen molar-refractivity contribution >= 4 is 17.2 Å². The maximum atomic E-state index is 12.8. The molecule has 0 saturated carbocycles. The number of nitrogens with zero attached hydrogens (tertiary/aromatic N) is 5. The summed E-state index contributed by atoms with van der Waals surface area (Å²) >= 11 is 1.63. The van der Waals surface area contributed by atoms with Crippen molar-refractivity contribution in [2.24, 2.45) is 0 Å². The standard InChI is InChI=1S/C19H24N6OS/c1-3-25-13-15(14(2)22-25)12-23-6-8-24(9-7-23)19(26)17-11-16(20-21-17)18-5-4-10-27-18/h4-5,10-11,13H,3,6-9,12H2,1-2H3,(H,20,21). The van der Waals surface area contributed by atoms with Crippen LogP contribution in [0.1, 0.15) is 28.7 Å². The average Bonchev–Trinajstić information content (AvgIpc) is 3.43. The van der Waals surface area contributed by atoms with Gasteiger partial charge in [-0.15, -0.1) is 11.3 Å². The summed E-state index contributed by atoms with van der Waals surface area (Å²) in [5, 5.41) is 13.7. The molecule has 1 aliphatic rings. The molecule has 142 valence electrons. The molecule has 0 radical (unpaired) electrons.